The molecule has 1 amide bonds. The van der Waals surface area contributed by atoms with Crippen molar-refractivity contribution in [1.29, 1.82) is 0 Å². The summed E-state index contributed by atoms with van der Waals surface area (Å²) in [4.78, 5) is 25.6. The third-order valence-electron chi connectivity index (χ3n) is 14.8. The molecule has 0 aromatic heterocycles. The number of quaternary nitrogens is 1. The zero-order valence-electron chi connectivity index (χ0n) is 55.1. The van der Waals surface area contributed by atoms with Gasteiger partial charge in [-0.05, 0) is 103 Å². The van der Waals surface area contributed by atoms with E-state index in [1.54, 1.807) is 6.08 Å². The van der Waals surface area contributed by atoms with Crippen molar-refractivity contribution < 1.29 is 32.9 Å². The quantitative estimate of drug-likeness (QED) is 0.0272. The Balaban J connectivity index is 4.25. The Morgan fingerprint density at radius 1 is 0.429 bits per heavy atom. The second-order valence-corrected chi connectivity index (χ2v) is 25.6. The number of nitrogens with one attached hydrogen (secondary N) is 1. The second-order valence-electron chi connectivity index (χ2n) is 24.1. The number of aliphatic hydroxyl groups is 1. The number of phosphoric acid groups is 1. The van der Waals surface area contributed by atoms with Crippen molar-refractivity contribution in [3.05, 3.63) is 134 Å². The minimum Gasteiger partial charge on any atom is -0.756 e. The van der Waals surface area contributed by atoms with Gasteiger partial charge in [-0.1, -0.05) is 308 Å². The Hall–Kier alpha value is -3.36. The maximum absolute atomic E-state index is 13.0. The molecule has 0 spiro atoms. The molecular weight excluding hydrogens is 1060 g/mol. The molecule has 84 heavy (non-hydrogen) atoms. The maximum Gasteiger partial charge on any atom is 0.268 e. The first kappa shape index (κ1) is 80.6. The van der Waals surface area contributed by atoms with Gasteiger partial charge in [0, 0.05) is 6.42 Å². The van der Waals surface area contributed by atoms with Gasteiger partial charge < -0.3 is 28.8 Å². The average Bonchev–Trinajstić information content (AvgIpc) is 3.56. The number of hydrogen-bond acceptors (Lipinski definition) is 6. The van der Waals surface area contributed by atoms with Crippen molar-refractivity contribution in [2.75, 3.05) is 40.9 Å². The van der Waals surface area contributed by atoms with Crippen molar-refractivity contribution in [2.45, 2.75) is 296 Å². The standard InChI is InChI=1S/C75H131N2O6P/c1-6-8-10-12-14-16-18-20-22-24-26-28-30-32-34-36-38-40-42-44-46-48-50-52-54-56-58-60-62-64-66-68-74(78)73(72-83-84(80,81)82-71-70-77(3,4)5)76-75(79)69-67-65-63-61-59-57-55-53-51-49-47-45-43-41-39-37-35-33-31-29-27-25-23-21-19-17-15-13-11-9-7-2/h9,11,15,17,21,23,27,29,33,35,39,41,45,47,51,53,57-60,66,68,73-74,78H,6-8,10,12-14,16,18-20,22,24-26,28,30-32,34,36-38,40,42-44,46,48-50,52,54-56,61-65,67,69-72H2,1-5H3,(H-,76,79,80,81)/b11-9-,17-15-,23-21-,29-27-,35-33-,41-39-,47-45-,53-51-,59-57-,60-58+,68-66+. The molecule has 0 fully saturated rings. The van der Waals surface area contributed by atoms with Crippen LogP contribution in [0.3, 0.4) is 0 Å². The highest BCUT2D eigenvalue weighted by Crippen LogP contribution is 2.38. The number of phosphoric ester groups is 1. The molecule has 9 heteroatoms. The summed E-state index contributed by atoms with van der Waals surface area (Å²) in [5, 5.41) is 13.9. The predicted molar refractivity (Wildman–Crippen MR) is 366 cm³/mol. The van der Waals surface area contributed by atoms with Gasteiger partial charge in [0.15, 0.2) is 0 Å². The van der Waals surface area contributed by atoms with Gasteiger partial charge in [0.1, 0.15) is 13.2 Å². The van der Waals surface area contributed by atoms with Crippen molar-refractivity contribution in [2.24, 2.45) is 0 Å². The molecule has 0 bridgehead atoms. The van der Waals surface area contributed by atoms with Crippen molar-refractivity contribution in [1.82, 2.24) is 5.32 Å². The molecule has 0 heterocycles. The van der Waals surface area contributed by atoms with Gasteiger partial charge in [-0.3, -0.25) is 9.36 Å². The van der Waals surface area contributed by atoms with Gasteiger partial charge >= 0.3 is 0 Å². The highest BCUT2D eigenvalue weighted by molar-refractivity contribution is 7.45. The molecule has 482 valence electrons. The molecule has 0 aromatic carbocycles. The Morgan fingerprint density at radius 3 is 1.11 bits per heavy atom. The summed E-state index contributed by atoms with van der Waals surface area (Å²) in [6.45, 7) is 4.50. The number of carbonyl (C=O) groups excluding carboxylic acids is 1. The van der Waals surface area contributed by atoms with Crippen LogP contribution in [0.4, 0.5) is 0 Å². The number of allylic oxidation sites excluding steroid dienone is 21. The Bertz CT molecular complexity index is 1830. The Morgan fingerprint density at radius 2 is 0.738 bits per heavy atom. The van der Waals surface area contributed by atoms with Crippen molar-refractivity contribution in [3.8, 4) is 0 Å². The van der Waals surface area contributed by atoms with Crippen molar-refractivity contribution >= 4 is 13.7 Å². The van der Waals surface area contributed by atoms with Gasteiger partial charge in [-0.25, -0.2) is 0 Å². The van der Waals surface area contributed by atoms with Gasteiger partial charge in [0.2, 0.25) is 5.91 Å². The highest BCUT2D eigenvalue weighted by atomic mass is 31.2. The fraction of sp³-hybridized carbons (Fsp3) is 0.693. The highest BCUT2D eigenvalue weighted by Gasteiger charge is 2.23. The molecular formula is C75H131N2O6P. The van der Waals surface area contributed by atoms with Crippen molar-refractivity contribution in [3.63, 3.8) is 0 Å². The first-order valence-electron chi connectivity index (χ1n) is 34.5. The molecule has 0 aromatic rings. The lowest BCUT2D eigenvalue weighted by Crippen LogP contribution is -2.45. The van der Waals surface area contributed by atoms with E-state index in [1.165, 1.54) is 161 Å². The van der Waals surface area contributed by atoms with Crippen LogP contribution in [0.1, 0.15) is 284 Å². The average molecular weight is 1190 g/mol. The number of rotatable bonds is 62. The summed E-state index contributed by atoms with van der Waals surface area (Å²) in [5.74, 6) is -0.242. The van der Waals surface area contributed by atoms with E-state index >= 15 is 0 Å². The largest absolute Gasteiger partial charge is 0.756 e. The molecule has 2 N–H and O–H groups in total. The maximum atomic E-state index is 13.0. The van der Waals surface area contributed by atoms with Gasteiger partial charge in [-0.15, -0.1) is 0 Å². The van der Waals surface area contributed by atoms with E-state index in [-0.39, 0.29) is 18.9 Å². The third kappa shape index (κ3) is 66.2. The molecule has 0 saturated carbocycles. The lowest BCUT2D eigenvalue weighted by molar-refractivity contribution is -0.870. The topological polar surface area (TPSA) is 108 Å². The van der Waals surface area contributed by atoms with E-state index < -0.39 is 26.6 Å². The Labute approximate surface area is 519 Å². The molecule has 0 aliphatic rings. The normalized spacial score (nSPS) is 14.5. The molecule has 3 atom stereocenters. The summed E-state index contributed by atoms with van der Waals surface area (Å²) in [6.07, 6.45) is 97.2. The summed E-state index contributed by atoms with van der Waals surface area (Å²) in [6, 6.07) is -0.934. The fourth-order valence-corrected chi connectivity index (χ4v) is 10.2. The van der Waals surface area contributed by atoms with Crippen LogP contribution in [-0.2, 0) is 18.4 Å². The molecule has 0 rings (SSSR count). The van der Waals surface area contributed by atoms with Crippen LogP contribution in [0.2, 0.25) is 0 Å². The summed E-state index contributed by atoms with van der Waals surface area (Å²) < 4.78 is 23.4. The van der Waals surface area contributed by atoms with Crippen LogP contribution in [0.15, 0.2) is 134 Å². The SMILES string of the molecule is CC/C=C\C/C=C\C/C=C\C/C=C\C/C=C\C/C=C\C/C=C\C/C=C\C/C=C\CCCCCC(=O)NC(COP(=O)([O-])OCC[N+](C)(C)C)C(O)/C=C/CC/C=C/CCCCCCCCCCCCCCCCCCCCCCCCCCC. The zero-order chi connectivity index (χ0) is 61.2. The monoisotopic (exact) mass is 1190 g/mol. The lowest BCUT2D eigenvalue weighted by Gasteiger charge is -2.29. The number of aliphatic hydroxyl groups excluding tert-OH is 1. The number of unbranched alkanes of at least 4 members (excludes halogenated alkanes) is 29. The minimum absolute atomic E-state index is 0.0205. The first-order valence-corrected chi connectivity index (χ1v) is 36.0. The lowest BCUT2D eigenvalue weighted by atomic mass is 10.0. The first-order chi connectivity index (χ1) is 41.0. The number of nitrogens with zero attached hydrogens (tertiary/aromatic N) is 1. The van der Waals surface area contributed by atoms with E-state index in [4.69, 9.17) is 9.05 Å². The van der Waals surface area contributed by atoms with Gasteiger partial charge in [0.05, 0.1) is 39.9 Å². The van der Waals surface area contributed by atoms with Crippen LogP contribution < -0.4 is 10.2 Å². The molecule has 0 radical (unpaired) electrons. The fourth-order valence-electron chi connectivity index (χ4n) is 9.52. The summed E-state index contributed by atoms with van der Waals surface area (Å²) >= 11 is 0. The summed E-state index contributed by atoms with van der Waals surface area (Å²) in [5.41, 5.74) is 0. The van der Waals surface area contributed by atoms with E-state index in [0.717, 1.165) is 96.3 Å². The number of carbonyl (C=O) groups is 1. The van der Waals surface area contributed by atoms with Gasteiger partial charge in [0.25, 0.3) is 7.82 Å². The summed E-state index contributed by atoms with van der Waals surface area (Å²) in [7, 11) is 1.21. The Kier molecular flexibility index (Phi) is 61.6. The van der Waals surface area contributed by atoms with Gasteiger partial charge in [-0.2, -0.15) is 0 Å². The smallest absolute Gasteiger partial charge is 0.268 e. The molecule has 0 aliphatic heterocycles. The molecule has 0 saturated heterocycles. The molecule has 0 aliphatic carbocycles. The number of hydrogen-bond donors (Lipinski definition) is 2. The van der Waals surface area contributed by atoms with Crippen LogP contribution in [0.5, 0.6) is 0 Å². The minimum atomic E-state index is -4.63. The van der Waals surface area contributed by atoms with Crippen LogP contribution >= 0.6 is 7.82 Å². The second kappa shape index (κ2) is 64.1. The zero-order valence-corrected chi connectivity index (χ0v) is 56.0. The molecule has 8 nitrogen and oxygen atoms in total. The van der Waals surface area contributed by atoms with Crippen LogP contribution in [-0.4, -0.2) is 68.5 Å². The van der Waals surface area contributed by atoms with E-state index in [2.05, 4.69) is 141 Å². The van der Waals surface area contributed by atoms with E-state index in [9.17, 15) is 19.4 Å². The number of likely N-dealkylation sites (N-methyl/N-ethyl adjacent to an activating group) is 1. The number of amides is 1. The van der Waals surface area contributed by atoms with E-state index in [0.29, 0.717) is 17.4 Å². The van der Waals surface area contributed by atoms with E-state index in [1.807, 2.05) is 27.2 Å². The van der Waals surface area contributed by atoms with Crippen LogP contribution in [0.25, 0.3) is 0 Å². The molecule has 3 unspecified atom stereocenters. The third-order valence-corrected chi connectivity index (χ3v) is 15.8. The van der Waals surface area contributed by atoms with Crippen LogP contribution in [0, 0.1) is 0 Å². The predicted octanol–water partition coefficient (Wildman–Crippen LogP) is 21.6.